The van der Waals surface area contributed by atoms with E-state index < -0.39 is 37.1 Å². The van der Waals surface area contributed by atoms with Crippen molar-refractivity contribution in [2.24, 2.45) is 5.41 Å². The molecule has 76 valence electrons. The second-order valence-corrected chi connectivity index (χ2v) is 3.15. The minimum atomic E-state index is -2.91. The van der Waals surface area contributed by atoms with Gasteiger partial charge < -0.3 is 15.2 Å². The van der Waals surface area contributed by atoms with Crippen molar-refractivity contribution in [1.82, 2.24) is 5.32 Å². The normalized spacial score (nSPS) is 29.5. The monoisotopic (exact) mass is 195 g/mol. The van der Waals surface area contributed by atoms with Crippen LogP contribution in [0.25, 0.3) is 0 Å². The minimum Gasteiger partial charge on any atom is -0.449 e. The largest absolute Gasteiger partial charge is 0.449 e. The van der Waals surface area contributed by atoms with E-state index in [9.17, 15) is 13.6 Å². The molecule has 0 radical (unpaired) electrons. The Balaban J connectivity index is 2.40. The second kappa shape index (κ2) is 3.10. The molecule has 0 heterocycles. The zero-order chi connectivity index (χ0) is 10.1. The second-order valence-electron chi connectivity index (χ2n) is 3.15. The molecule has 1 rings (SSSR count). The summed E-state index contributed by atoms with van der Waals surface area (Å²) < 4.78 is 29.7. The van der Waals surface area contributed by atoms with Crippen LogP contribution in [-0.2, 0) is 4.74 Å². The van der Waals surface area contributed by atoms with Gasteiger partial charge in [-0.3, -0.25) is 0 Å². The summed E-state index contributed by atoms with van der Waals surface area (Å²) in [7, 11) is 1.33. The van der Waals surface area contributed by atoms with E-state index in [2.05, 4.69) is 10.1 Å². The Kier molecular flexibility index (Phi) is 2.42. The number of aliphatic hydroxyl groups is 1. The fourth-order valence-corrected chi connectivity index (χ4v) is 1.03. The molecule has 0 bridgehead atoms. The van der Waals surface area contributed by atoms with Crippen molar-refractivity contribution < 1.29 is 23.4 Å². The molecule has 0 saturated heterocycles. The zero-order valence-electron chi connectivity index (χ0n) is 7.14. The summed E-state index contributed by atoms with van der Waals surface area (Å²) in [6, 6.07) is 0. The third-order valence-corrected chi connectivity index (χ3v) is 2.20. The number of alkyl carbamates (subject to hydrolysis) is 1. The van der Waals surface area contributed by atoms with E-state index in [1.807, 2.05) is 0 Å². The molecule has 0 spiro atoms. The molecular formula is C7H11F2NO3. The third-order valence-electron chi connectivity index (χ3n) is 2.20. The number of alkyl halides is 2. The summed E-state index contributed by atoms with van der Waals surface area (Å²) in [5.41, 5.74) is -1.54. The van der Waals surface area contributed by atoms with E-state index in [0.717, 1.165) is 0 Å². The average Bonchev–Trinajstić information content (AvgIpc) is 2.65. The highest BCUT2D eigenvalue weighted by atomic mass is 19.3. The van der Waals surface area contributed by atoms with E-state index in [-0.39, 0.29) is 0 Å². The molecule has 0 aromatic carbocycles. The van der Waals surface area contributed by atoms with Crippen LogP contribution in [0.1, 0.15) is 6.42 Å². The first-order valence-corrected chi connectivity index (χ1v) is 3.81. The number of carbonyl (C=O) groups excluding carboxylic acids is 1. The Labute approximate surface area is 73.9 Å². The first-order valence-electron chi connectivity index (χ1n) is 3.81. The van der Waals surface area contributed by atoms with E-state index in [0.29, 0.717) is 0 Å². The summed E-state index contributed by atoms with van der Waals surface area (Å²) in [5, 5.41) is 10.8. The maximum Gasteiger partial charge on any atom is 0.406 e. The number of aliphatic hydroxyl groups excluding tert-OH is 1. The molecule has 1 atom stereocenters. The van der Waals surface area contributed by atoms with Crippen molar-refractivity contribution in [3.63, 3.8) is 0 Å². The van der Waals surface area contributed by atoms with E-state index >= 15 is 0 Å². The Morgan fingerprint density at radius 3 is 2.54 bits per heavy atom. The van der Waals surface area contributed by atoms with Crippen LogP contribution in [0.2, 0.25) is 0 Å². The predicted octanol–water partition coefficient (Wildman–Crippen LogP) is 0.360. The molecule has 1 aliphatic rings. The summed E-state index contributed by atoms with van der Waals surface area (Å²) in [5.74, 6) is -2.91. The average molecular weight is 195 g/mol. The molecule has 1 aliphatic carbocycles. The lowest BCUT2D eigenvalue weighted by atomic mass is 10.1. The number of ether oxygens (including phenoxy) is 1. The summed E-state index contributed by atoms with van der Waals surface area (Å²) in [6.07, 6.45) is -1.19. The molecular weight excluding hydrogens is 184 g/mol. The number of amides is 1. The fraction of sp³-hybridized carbons (Fsp3) is 0.857. The van der Waals surface area contributed by atoms with Gasteiger partial charge in [0.25, 0.3) is 5.92 Å². The zero-order valence-corrected chi connectivity index (χ0v) is 7.14. The van der Waals surface area contributed by atoms with Gasteiger partial charge >= 0.3 is 6.09 Å². The van der Waals surface area contributed by atoms with Crippen molar-refractivity contribution in [3.8, 4) is 0 Å². The maximum absolute atomic E-state index is 12.6. The molecule has 4 nitrogen and oxygen atoms in total. The van der Waals surface area contributed by atoms with E-state index in [1.54, 1.807) is 0 Å². The smallest absolute Gasteiger partial charge is 0.406 e. The molecule has 2 N–H and O–H groups in total. The van der Waals surface area contributed by atoms with Crippen molar-refractivity contribution in [1.29, 1.82) is 0 Å². The van der Waals surface area contributed by atoms with Crippen molar-refractivity contribution in [2.45, 2.75) is 12.3 Å². The molecule has 1 fully saturated rings. The van der Waals surface area contributed by atoms with Crippen LogP contribution < -0.4 is 5.32 Å². The molecule has 0 aromatic heterocycles. The minimum absolute atomic E-state index is 0.423. The Morgan fingerprint density at radius 1 is 1.69 bits per heavy atom. The van der Waals surface area contributed by atoms with Gasteiger partial charge in [-0.05, 0) is 0 Å². The lowest BCUT2D eigenvalue weighted by Crippen LogP contribution is -2.28. The molecule has 1 unspecified atom stereocenters. The Morgan fingerprint density at radius 2 is 2.23 bits per heavy atom. The first-order chi connectivity index (χ1) is 5.97. The van der Waals surface area contributed by atoms with Crippen LogP contribution in [0.4, 0.5) is 13.6 Å². The number of halogens is 2. The van der Waals surface area contributed by atoms with Gasteiger partial charge in [-0.25, -0.2) is 13.6 Å². The van der Waals surface area contributed by atoms with Crippen LogP contribution in [0.5, 0.6) is 0 Å². The van der Waals surface area contributed by atoms with E-state index in [1.165, 1.54) is 7.05 Å². The van der Waals surface area contributed by atoms with Gasteiger partial charge in [0.2, 0.25) is 0 Å². The van der Waals surface area contributed by atoms with Crippen LogP contribution in [-0.4, -0.2) is 37.4 Å². The Bertz CT molecular complexity index is 222. The molecule has 1 amide bonds. The fourth-order valence-electron chi connectivity index (χ4n) is 1.03. The predicted molar refractivity (Wildman–Crippen MR) is 39.5 cm³/mol. The highest BCUT2D eigenvalue weighted by Gasteiger charge is 2.71. The maximum atomic E-state index is 12.6. The van der Waals surface area contributed by atoms with Gasteiger partial charge in [-0.1, -0.05) is 0 Å². The van der Waals surface area contributed by atoms with E-state index in [4.69, 9.17) is 5.11 Å². The van der Waals surface area contributed by atoms with Crippen molar-refractivity contribution in [2.75, 3.05) is 20.3 Å². The first kappa shape index (κ1) is 10.2. The number of rotatable bonds is 3. The number of nitrogens with one attached hydrogen (secondary N) is 1. The summed E-state index contributed by atoms with van der Waals surface area (Å²) in [4.78, 5) is 10.6. The van der Waals surface area contributed by atoms with Crippen LogP contribution in [0.3, 0.4) is 0 Å². The van der Waals surface area contributed by atoms with Crippen molar-refractivity contribution >= 4 is 6.09 Å². The van der Waals surface area contributed by atoms with Crippen LogP contribution >= 0.6 is 0 Å². The molecule has 13 heavy (non-hydrogen) atoms. The standard InChI is InChI=1S/C7H11F2NO3/c1-10-5(12)13-4-6(3-11)2-7(6,8)9/h11H,2-4H2,1H3,(H,10,12). The topological polar surface area (TPSA) is 58.6 Å². The molecule has 0 aromatic rings. The van der Waals surface area contributed by atoms with Gasteiger partial charge in [-0.15, -0.1) is 0 Å². The Hall–Kier alpha value is -0.910. The summed E-state index contributed by atoms with van der Waals surface area (Å²) in [6.45, 7) is -1.12. The molecule has 0 aliphatic heterocycles. The molecule has 1 saturated carbocycles. The summed E-state index contributed by atoms with van der Waals surface area (Å²) >= 11 is 0. The van der Waals surface area contributed by atoms with Gasteiger partial charge in [0.05, 0.1) is 12.0 Å². The quantitative estimate of drug-likeness (QED) is 0.683. The van der Waals surface area contributed by atoms with Crippen molar-refractivity contribution in [3.05, 3.63) is 0 Å². The number of hydrogen-bond acceptors (Lipinski definition) is 3. The molecule has 6 heteroatoms. The highest BCUT2D eigenvalue weighted by molar-refractivity contribution is 5.66. The van der Waals surface area contributed by atoms with Gasteiger partial charge in [0.1, 0.15) is 6.61 Å². The third kappa shape index (κ3) is 1.72. The van der Waals surface area contributed by atoms with Gasteiger partial charge in [-0.2, -0.15) is 0 Å². The van der Waals surface area contributed by atoms with Crippen LogP contribution in [0.15, 0.2) is 0 Å². The van der Waals surface area contributed by atoms with Gasteiger partial charge in [0.15, 0.2) is 0 Å². The highest BCUT2D eigenvalue weighted by Crippen LogP contribution is 2.60. The van der Waals surface area contributed by atoms with Gasteiger partial charge in [0, 0.05) is 13.5 Å². The SMILES string of the molecule is CNC(=O)OCC1(CO)CC1(F)F. The van der Waals surface area contributed by atoms with Crippen LogP contribution in [0, 0.1) is 5.41 Å². The number of carbonyl (C=O) groups is 1. The lowest BCUT2D eigenvalue weighted by molar-refractivity contribution is 0.00329. The lowest BCUT2D eigenvalue weighted by Gasteiger charge is -2.12. The number of hydrogen-bond donors (Lipinski definition) is 2.